The lowest BCUT2D eigenvalue weighted by Crippen LogP contribution is -2.41. The molecule has 1 aromatic rings. The molecule has 1 fully saturated rings. The van der Waals surface area contributed by atoms with Crippen molar-refractivity contribution in [3.05, 3.63) is 22.8 Å². The summed E-state index contributed by atoms with van der Waals surface area (Å²) in [7, 11) is 0. The molecule has 0 bridgehead atoms. The summed E-state index contributed by atoms with van der Waals surface area (Å²) in [6, 6.07) is 2.05. The maximum atomic E-state index is 10.7. The molecule has 2 N–H and O–H groups in total. The molecule has 2 aliphatic heterocycles. The van der Waals surface area contributed by atoms with E-state index in [9.17, 15) is 10.2 Å². The average Bonchev–Trinajstić information content (AvgIpc) is 3.18. The summed E-state index contributed by atoms with van der Waals surface area (Å²) >= 11 is 0. The van der Waals surface area contributed by atoms with Gasteiger partial charge in [0.1, 0.15) is 0 Å². The van der Waals surface area contributed by atoms with Crippen LogP contribution in [0.25, 0.3) is 0 Å². The van der Waals surface area contributed by atoms with Gasteiger partial charge in [-0.3, -0.25) is 4.90 Å². The third kappa shape index (κ3) is 4.62. The lowest BCUT2D eigenvalue weighted by atomic mass is 9.75. The Bertz CT molecular complexity index is 737. The summed E-state index contributed by atoms with van der Waals surface area (Å²) in [5.74, 6) is 3.31. The first-order chi connectivity index (χ1) is 14.5. The minimum atomic E-state index is -0.511. The molecule has 0 radical (unpaired) electrons. The van der Waals surface area contributed by atoms with Gasteiger partial charge in [-0.15, -0.1) is 0 Å². The number of rotatable bonds is 7. The second-order valence-electron chi connectivity index (χ2n) is 9.72. The van der Waals surface area contributed by atoms with Crippen LogP contribution in [-0.4, -0.2) is 53.8 Å². The van der Waals surface area contributed by atoms with Gasteiger partial charge in [0, 0.05) is 25.2 Å². The maximum Gasteiger partial charge on any atom is 0.231 e. The van der Waals surface area contributed by atoms with Crippen molar-refractivity contribution in [2.45, 2.75) is 71.8 Å². The maximum absolute atomic E-state index is 10.7. The number of β-amino-alcohol motifs (C(OH)–C–C–N with tert-alkyl or cyclic N) is 1. The zero-order valence-corrected chi connectivity index (χ0v) is 18.6. The summed E-state index contributed by atoms with van der Waals surface area (Å²) in [5.41, 5.74) is 3.15. The number of aliphatic hydroxyl groups is 2. The topological polar surface area (TPSA) is 71.4 Å². The number of fused-ring (bicyclic) bond motifs is 2. The van der Waals surface area contributed by atoms with Gasteiger partial charge in [0.25, 0.3) is 0 Å². The van der Waals surface area contributed by atoms with Crippen molar-refractivity contribution in [3.63, 3.8) is 0 Å². The lowest BCUT2D eigenvalue weighted by Gasteiger charge is -2.38. The van der Waals surface area contributed by atoms with Crippen LogP contribution < -0.4 is 9.47 Å². The lowest BCUT2D eigenvalue weighted by molar-refractivity contribution is -0.0744. The van der Waals surface area contributed by atoms with E-state index in [4.69, 9.17) is 14.2 Å². The second kappa shape index (κ2) is 9.43. The van der Waals surface area contributed by atoms with Gasteiger partial charge in [-0.05, 0) is 54.2 Å². The molecule has 4 atom stereocenters. The Morgan fingerprint density at radius 2 is 2.10 bits per heavy atom. The van der Waals surface area contributed by atoms with E-state index in [1.54, 1.807) is 0 Å². The molecule has 30 heavy (non-hydrogen) atoms. The van der Waals surface area contributed by atoms with Crippen LogP contribution in [0.15, 0.2) is 6.07 Å². The Kier molecular flexibility index (Phi) is 6.88. The van der Waals surface area contributed by atoms with E-state index in [1.165, 1.54) is 18.4 Å². The highest BCUT2D eigenvalue weighted by Crippen LogP contribution is 2.41. The largest absolute Gasteiger partial charge is 0.454 e. The van der Waals surface area contributed by atoms with Crippen LogP contribution in [0.2, 0.25) is 0 Å². The van der Waals surface area contributed by atoms with E-state index in [0.717, 1.165) is 36.3 Å². The van der Waals surface area contributed by atoms with Crippen LogP contribution in [0.3, 0.4) is 0 Å². The summed E-state index contributed by atoms with van der Waals surface area (Å²) < 4.78 is 17.3. The van der Waals surface area contributed by atoms with Crippen molar-refractivity contribution >= 4 is 0 Å². The summed E-state index contributed by atoms with van der Waals surface area (Å²) in [6.45, 7) is 9.56. The zero-order valence-electron chi connectivity index (χ0n) is 18.6. The summed E-state index contributed by atoms with van der Waals surface area (Å²) in [4.78, 5) is 2.25. The third-order valence-electron chi connectivity index (χ3n) is 7.14. The van der Waals surface area contributed by atoms with Crippen molar-refractivity contribution in [2.24, 2.45) is 17.8 Å². The van der Waals surface area contributed by atoms with Crippen molar-refractivity contribution < 1.29 is 24.4 Å². The van der Waals surface area contributed by atoms with E-state index in [-0.39, 0.29) is 19.5 Å². The first kappa shape index (κ1) is 21.9. The minimum Gasteiger partial charge on any atom is -0.454 e. The molecule has 0 aromatic heterocycles. The molecule has 0 amide bonds. The molecule has 1 aromatic carbocycles. The van der Waals surface area contributed by atoms with E-state index >= 15 is 0 Å². The van der Waals surface area contributed by atoms with Crippen molar-refractivity contribution in [1.82, 2.24) is 4.90 Å². The van der Waals surface area contributed by atoms with Gasteiger partial charge in [0.15, 0.2) is 11.5 Å². The van der Waals surface area contributed by atoms with Crippen molar-refractivity contribution in [2.75, 3.05) is 26.5 Å². The van der Waals surface area contributed by atoms with Gasteiger partial charge >= 0.3 is 0 Å². The molecule has 168 valence electrons. The van der Waals surface area contributed by atoms with Crippen molar-refractivity contribution in [1.29, 1.82) is 0 Å². The van der Waals surface area contributed by atoms with E-state index in [2.05, 4.69) is 25.7 Å². The Morgan fingerprint density at radius 1 is 1.27 bits per heavy atom. The molecule has 0 saturated heterocycles. The van der Waals surface area contributed by atoms with E-state index in [1.807, 2.05) is 6.07 Å². The molecule has 2 heterocycles. The molecule has 1 saturated carbocycles. The smallest absolute Gasteiger partial charge is 0.231 e. The predicted octanol–water partition coefficient (Wildman–Crippen LogP) is 3.10. The van der Waals surface area contributed by atoms with Crippen LogP contribution in [0.1, 0.15) is 56.7 Å². The summed E-state index contributed by atoms with van der Waals surface area (Å²) in [6.07, 6.45) is 4.23. The molecule has 3 aliphatic rings. The third-order valence-corrected chi connectivity index (χ3v) is 7.14. The minimum absolute atomic E-state index is 0.0647. The monoisotopic (exact) mass is 419 g/mol. The molecule has 0 spiro atoms. The van der Waals surface area contributed by atoms with Crippen LogP contribution in [0.5, 0.6) is 11.5 Å². The van der Waals surface area contributed by atoms with Gasteiger partial charge < -0.3 is 24.4 Å². The fraction of sp³-hybridized carbons (Fsp3) is 0.750. The highest BCUT2D eigenvalue weighted by atomic mass is 16.7. The van der Waals surface area contributed by atoms with Crippen LogP contribution >= 0.6 is 0 Å². The van der Waals surface area contributed by atoms with Crippen LogP contribution in [-0.2, 0) is 24.3 Å². The molecule has 6 nitrogen and oxygen atoms in total. The highest BCUT2D eigenvalue weighted by molar-refractivity contribution is 5.56. The molecule has 1 aliphatic carbocycles. The zero-order chi connectivity index (χ0) is 21.3. The molecular weight excluding hydrogens is 382 g/mol. The molecular formula is C24H37NO5. The Morgan fingerprint density at radius 3 is 2.87 bits per heavy atom. The predicted molar refractivity (Wildman–Crippen MR) is 115 cm³/mol. The Hall–Kier alpha value is -1.34. The number of aliphatic hydroxyl groups excluding tert-OH is 2. The normalized spacial score (nSPS) is 27.3. The first-order valence-corrected chi connectivity index (χ1v) is 11.5. The van der Waals surface area contributed by atoms with Crippen molar-refractivity contribution in [3.8, 4) is 11.5 Å². The SMILES string of the molecule is CC1CCC(C(C)C)C(OCC(O)CN2CCc3cc4c(c(CO)c3C2)OCO4)C1. The van der Waals surface area contributed by atoms with Gasteiger partial charge in [0.2, 0.25) is 6.79 Å². The quantitative estimate of drug-likeness (QED) is 0.708. The fourth-order valence-electron chi connectivity index (χ4n) is 5.42. The number of hydrogen-bond donors (Lipinski definition) is 2. The van der Waals surface area contributed by atoms with Gasteiger partial charge in [0.05, 0.1) is 25.4 Å². The fourth-order valence-corrected chi connectivity index (χ4v) is 5.42. The van der Waals surface area contributed by atoms with E-state index < -0.39 is 6.10 Å². The standard InChI is InChI=1S/C24H37NO5/c1-15(2)19-5-4-16(3)8-22(19)28-13-18(27)10-25-7-6-17-9-23-24(30-14-29-23)21(12-26)20(17)11-25/h9,15-16,18-19,22,26-27H,4-8,10-14H2,1-3H3. The number of hydrogen-bond acceptors (Lipinski definition) is 6. The average molecular weight is 420 g/mol. The van der Waals surface area contributed by atoms with Crippen LogP contribution in [0, 0.1) is 17.8 Å². The molecule has 6 heteroatoms. The van der Waals surface area contributed by atoms with Crippen LogP contribution in [0.4, 0.5) is 0 Å². The van der Waals surface area contributed by atoms with E-state index in [0.29, 0.717) is 43.2 Å². The molecule has 4 rings (SSSR count). The number of ether oxygens (including phenoxy) is 3. The Labute approximate surface area is 180 Å². The molecule has 4 unspecified atom stereocenters. The Balaban J connectivity index is 1.34. The van der Waals surface area contributed by atoms with Gasteiger partial charge in [-0.25, -0.2) is 0 Å². The second-order valence-corrected chi connectivity index (χ2v) is 9.72. The van der Waals surface area contributed by atoms with Gasteiger partial charge in [-0.1, -0.05) is 27.2 Å². The summed E-state index contributed by atoms with van der Waals surface area (Å²) in [5, 5.41) is 20.6. The first-order valence-electron chi connectivity index (χ1n) is 11.5. The highest BCUT2D eigenvalue weighted by Gasteiger charge is 2.32. The number of nitrogens with zero attached hydrogens (tertiary/aromatic N) is 1. The van der Waals surface area contributed by atoms with Gasteiger partial charge in [-0.2, -0.15) is 0 Å². The number of benzene rings is 1.